The van der Waals surface area contributed by atoms with Gasteiger partial charge in [-0.3, -0.25) is 18.7 Å². The second kappa shape index (κ2) is 10.8. The summed E-state index contributed by atoms with van der Waals surface area (Å²) in [5.41, 5.74) is 2.56. The Bertz CT molecular complexity index is 1450. The van der Waals surface area contributed by atoms with Gasteiger partial charge in [0, 0.05) is 18.8 Å². The van der Waals surface area contributed by atoms with Gasteiger partial charge in [0.2, 0.25) is 0 Å². The molecule has 9 heteroatoms. The maximum Gasteiger partial charge on any atom is 0.331 e. The molecule has 0 saturated heterocycles. The van der Waals surface area contributed by atoms with Crippen LogP contribution in [-0.4, -0.2) is 26.6 Å². The van der Waals surface area contributed by atoms with Crippen molar-refractivity contribution in [3.63, 3.8) is 0 Å². The minimum Gasteiger partial charge on any atom is -0.484 e. The second-order valence-corrected chi connectivity index (χ2v) is 8.95. The summed E-state index contributed by atoms with van der Waals surface area (Å²) in [4.78, 5) is 41.4. The molecule has 0 spiro atoms. The summed E-state index contributed by atoms with van der Waals surface area (Å²) in [5.74, 6) is 0.285. The molecule has 35 heavy (non-hydrogen) atoms. The molecule has 2 aromatic carbocycles. The first kappa shape index (κ1) is 24.5. The number of aryl methyl sites for hydroxylation is 1. The molecule has 2 aromatic heterocycles. The quantitative estimate of drug-likeness (QED) is 0.321. The lowest BCUT2D eigenvalue weighted by molar-refractivity contribution is -0.118. The van der Waals surface area contributed by atoms with E-state index in [0.717, 1.165) is 12.0 Å². The number of rotatable bonds is 9. The first-order valence-electron chi connectivity index (χ1n) is 11.6. The number of nitrogens with one attached hydrogen (secondary N) is 2. The summed E-state index contributed by atoms with van der Waals surface area (Å²) in [7, 11) is 0. The van der Waals surface area contributed by atoms with Gasteiger partial charge in [-0.05, 0) is 70.7 Å². The Hall–Kier alpha value is -3.59. The van der Waals surface area contributed by atoms with E-state index in [1.54, 1.807) is 16.7 Å². The van der Waals surface area contributed by atoms with E-state index < -0.39 is 0 Å². The van der Waals surface area contributed by atoms with Crippen molar-refractivity contribution in [1.82, 2.24) is 14.1 Å². The molecular weight excluding hydrogens is 512 g/mol. The predicted molar refractivity (Wildman–Crippen MR) is 141 cm³/mol. The minimum absolute atomic E-state index is 0.120. The Morgan fingerprint density at radius 3 is 2.29 bits per heavy atom. The monoisotopic (exact) mass is 538 g/mol. The van der Waals surface area contributed by atoms with Gasteiger partial charge in [-0.1, -0.05) is 32.0 Å². The van der Waals surface area contributed by atoms with E-state index in [0.29, 0.717) is 52.1 Å². The van der Waals surface area contributed by atoms with Gasteiger partial charge in [0.25, 0.3) is 11.5 Å². The molecule has 0 fully saturated rings. The zero-order valence-electron chi connectivity index (χ0n) is 19.6. The predicted octanol–water partition coefficient (Wildman–Crippen LogP) is 4.76. The van der Waals surface area contributed by atoms with E-state index in [1.807, 2.05) is 56.3 Å². The number of carbonyl (C=O) groups excluding carboxylic acids is 1. The van der Waals surface area contributed by atoms with Crippen molar-refractivity contribution < 1.29 is 9.53 Å². The highest BCUT2D eigenvalue weighted by Gasteiger charge is 2.20. The van der Waals surface area contributed by atoms with Crippen LogP contribution in [-0.2, 0) is 17.9 Å². The average molecular weight is 539 g/mol. The van der Waals surface area contributed by atoms with Crippen LogP contribution in [0.5, 0.6) is 5.75 Å². The molecule has 0 aliphatic rings. The number of ether oxygens (including phenoxy) is 1. The number of fused-ring (bicyclic) bond motifs is 1. The molecule has 0 unspecified atom stereocenters. The Kier molecular flexibility index (Phi) is 7.55. The molecule has 2 N–H and O–H groups in total. The van der Waals surface area contributed by atoms with Crippen LogP contribution in [0.3, 0.4) is 0 Å². The highest BCUT2D eigenvalue weighted by molar-refractivity contribution is 9.10. The van der Waals surface area contributed by atoms with Crippen molar-refractivity contribution in [3.05, 3.63) is 79.9 Å². The van der Waals surface area contributed by atoms with E-state index in [9.17, 15) is 14.4 Å². The van der Waals surface area contributed by atoms with Crippen LogP contribution < -0.4 is 21.3 Å². The van der Waals surface area contributed by atoms with Gasteiger partial charge in [0.1, 0.15) is 11.3 Å². The van der Waals surface area contributed by atoms with E-state index in [-0.39, 0.29) is 23.8 Å². The number of halogens is 1. The first-order valence-corrected chi connectivity index (χ1v) is 12.4. The summed E-state index contributed by atoms with van der Waals surface area (Å²) in [6.07, 6.45) is 1.45. The van der Waals surface area contributed by atoms with Crippen LogP contribution >= 0.6 is 15.9 Å². The molecule has 4 aromatic rings. The van der Waals surface area contributed by atoms with E-state index in [2.05, 4.69) is 26.2 Å². The molecule has 182 valence electrons. The molecule has 0 bridgehead atoms. The Labute approximate surface area is 210 Å². The summed E-state index contributed by atoms with van der Waals surface area (Å²) < 4.78 is 9.22. The molecule has 0 aliphatic carbocycles. The van der Waals surface area contributed by atoms with E-state index >= 15 is 0 Å². The van der Waals surface area contributed by atoms with Crippen molar-refractivity contribution in [2.24, 2.45) is 0 Å². The average Bonchev–Trinajstić information content (AvgIpc) is 3.21. The number of H-pyrrole nitrogens is 1. The Balaban J connectivity index is 1.60. The first-order chi connectivity index (χ1) is 16.9. The number of para-hydroxylation sites is 1. The van der Waals surface area contributed by atoms with Crippen molar-refractivity contribution in [3.8, 4) is 17.0 Å². The third-order valence-corrected chi connectivity index (χ3v) is 6.34. The number of hydrogen-bond donors (Lipinski definition) is 2. The number of nitrogens with zero attached hydrogens (tertiary/aromatic N) is 2. The van der Waals surface area contributed by atoms with E-state index in [4.69, 9.17) is 4.74 Å². The lowest BCUT2D eigenvalue weighted by atomic mass is 10.1. The molecule has 0 atom stereocenters. The molecule has 0 radical (unpaired) electrons. The Morgan fingerprint density at radius 1 is 0.971 bits per heavy atom. The van der Waals surface area contributed by atoms with Gasteiger partial charge in [-0.25, -0.2) is 4.79 Å². The minimum atomic E-state index is -0.324. The molecule has 2 heterocycles. The third-order valence-electron chi connectivity index (χ3n) is 5.57. The normalized spacial score (nSPS) is 11.1. The molecular formula is C26H27BrN4O4. The second-order valence-electron chi connectivity index (χ2n) is 8.16. The van der Waals surface area contributed by atoms with Crippen LogP contribution in [0.4, 0.5) is 5.69 Å². The fourth-order valence-corrected chi connectivity index (χ4v) is 4.71. The fourth-order valence-electron chi connectivity index (χ4n) is 3.97. The van der Waals surface area contributed by atoms with Crippen molar-refractivity contribution >= 4 is 38.6 Å². The molecule has 4 rings (SSSR count). The van der Waals surface area contributed by atoms with Gasteiger partial charge < -0.3 is 15.0 Å². The summed E-state index contributed by atoms with van der Waals surface area (Å²) in [5, 5.41) is 2.78. The smallest absolute Gasteiger partial charge is 0.331 e. The number of aromatic nitrogens is 3. The van der Waals surface area contributed by atoms with Gasteiger partial charge >= 0.3 is 5.69 Å². The number of hydrogen-bond acceptors (Lipinski definition) is 4. The zero-order chi connectivity index (χ0) is 24.9. The summed E-state index contributed by atoms with van der Waals surface area (Å²) in [6.45, 7) is 4.68. The lowest BCUT2D eigenvalue weighted by Gasteiger charge is -2.11. The van der Waals surface area contributed by atoms with Crippen LogP contribution in [0.1, 0.15) is 26.7 Å². The van der Waals surface area contributed by atoms with E-state index in [1.165, 1.54) is 4.57 Å². The summed E-state index contributed by atoms with van der Waals surface area (Å²) in [6, 6.07) is 16.4. The van der Waals surface area contributed by atoms with Crippen LogP contribution in [0.25, 0.3) is 22.3 Å². The van der Waals surface area contributed by atoms with Gasteiger partial charge in [0.15, 0.2) is 6.61 Å². The molecule has 0 aliphatic heterocycles. The number of anilines is 1. The largest absolute Gasteiger partial charge is 0.484 e. The van der Waals surface area contributed by atoms with Crippen LogP contribution in [0.15, 0.2) is 68.7 Å². The Morgan fingerprint density at radius 2 is 1.63 bits per heavy atom. The number of amides is 1. The maximum absolute atomic E-state index is 13.1. The number of benzene rings is 2. The topological polar surface area (TPSA) is 98.1 Å². The van der Waals surface area contributed by atoms with Gasteiger partial charge in [-0.15, -0.1) is 0 Å². The SMILES string of the molecule is CCCn1c(=O)c2[nH]c(-c3ccc(OCC(=O)Nc4ccccc4)cc3)c(Br)c2n(CCC)c1=O. The third kappa shape index (κ3) is 5.09. The highest BCUT2D eigenvalue weighted by Crippen LogP contribution is 2.34. The van der Waals surface area contributed by atoms with Gasteiger partial charge in [0.05, 0.1) is 15.7 Å². The molecule has 1 amide bonds. The van der Waals surface area contributed by atoms with Crippen LogP contribution in [0, 0.1) is 0 Å². The highest BCUT2D eigenvalue weighted by atomic mass is 79.9. The van der Waals surface area contributed by atoms with Crippen molar-refractivity contribution in [1.29, 1.82) is 0 Å². The van der Waals surface area contributed by atoms with Crippen LogP contribution in [0.2, 0.25) is 0 Å². The van der Waals surface area contributed by atoms with Gasteiger partial charge in [-0.2, -0.15) is 0 Å². The number of carbonyl (C=O) groups is 1. The zero-order valence-corrected chi connectivity index (χ0v) is 21.2. The molecule has 8 nitrogen and oxygen atoms in total. The maximum atomic E-state index is 13.1. The van der Waals surface area contributed by atoms with Crippen molar-refractivity contribution in [2.75, 3.05) is 11.9 Å². The lowest BCUT2D eigenvalue weighted by Crippen LogP contribution is -2.40. The molecule has 0 saturated carbocycles. The van der Waals surface area contributed by atoms with Crippen molar-refractivity contribution in [2.45, 2.75) is 39.8 Å². The standard InChI is InChI=1S/C26H27BrN4O4/c1-3-14-30-24-21(27)22(29-23(24)25(33)31(15-4-2)26(30)34)17-10-12-19(13-11-17)35-16-20(32)28-18-8-6-5-7-9-18/h5-13,29H,3-4,14-16H2,1-2H3,(H,28,32). The summed E-state index contributed by atoms with van der Waals surface area (Å²) >= 11 is 3.62. The number of aromatic amines is 1. The fraction of sp³-hybridized carbons (Fsp3) is 0.269.